The van der Waals surface area contributed by atoms with Gasteiger partial charge in [0.1, 0.15) is 5.75 Å². The molecule has 104 valence electrons. The minimum Gasteiger partial charge on any atom is -0.481 e. The van der Waals surface area contributed by atoms with Crippen molar-refractivity contribution >= 4 is 19.9 Å². The average Bonchev–Trinajstić information content (AvgIpc) is 2.34. The number of para-hydroxylation sites is 1. The van der Waals surface area contributed by atoms with Crippen molar-refractivity contribution in [3.05, 3.63) is 23.8 Å². The Bertz CT molecular complexity index is 485. The zero-order valence-corrected chi connectivity index (χ0v) is 12.5. The molecule has 1 aromatic rings. The Morgan fingerprint density at radius 1 is 1.47 bits per heavy atom. The van der Waals surface area contributed by atoms with Gasteiger partial charge in [0.2, 0.25) is 0 Å². The largest absolute Gasteiger partial charge is 0.481 e. The zero-order chi connectivity index (χ0) is 14.0. The summed E-state index contributed by atoms with van der Waals surface area (Å²) in [6.07, 6.45) is -0.198. The number of carbonyl (C=O) groups is 1. The lowest BCUT2D eigenvalue weighted by Crippen LogP contribution is -2.32. The van der Waals surface area contributed by atoms with Gasteiger partial charge in [0, 0.05) is 12.1 Å². The molecule has 19 heavy (non-hydrogen) atoms. The molecule has 1 aliphatic heterocycles. The highest BCUT2D eigenvalue weighted by Gasteiger charge is 2.27. The summed E-state index contributed by atoms with van der Waals surface area (Å²) < 4.78 is 11.6. The van der Waals surface area contributed by atoms with E-state index in [0.29, 0.717) is 18.0 Å². The molecule has 0 aromatic heterocycles. The Labute approximate surface area is 114 Å². The normalized spacial score (nSPS) is 16.3. The maximum atomic E-state index is 11.3. The maximum Gasteiger partial charge on any atom is 0.262 e. The van der Waals surface area contributed by atoms with Gasteiger partial charge >= 0.3 is 0 Å². The smallest absolute Gasteiger partial charge is 0.262 e. The zero-order valence-electron chi connectivity index (χ0n) is 11.5. The summed E-state index contributed by atoms with van der Waals surface area (Å²) in [5.41, 5.74) is 7.42. The summed E-state index contributed by atoms with van der Waals surface area (Å²) in [7, 11) is -1.71. The summed E-state index contributed by atoms with van der Waals surface area (Å²) in [5.74, 6) is 0.538. The number of benzene rings is 1. The number of rotatable bonds is 4. The number of fused-ring (bicyclic) bond motifs is 1. The molecule has 0 radical (unpaired) electrons. The van der Waals surface area contributed by atoms with E-state index in [4.69, 9.17) is 14.9 Å². The summed E-state index contributed by atoms with van der Waals surface area (Å²) in [5, 5.41) is 2.79. The first kappa shape index (κ1) is 14.0. The minimum absolute atomic E-state index is 0.0360. The second kappa shape index (κ2) is 5.32. The molecule has 0 unspecified atom stereocenters. The van der Waals surface area contributed by atoms with E-state index >= 15 is 0 Å². The Kier molecular flexibility index (Phi) is 3.93. The summed E-state index contributed by atoms with van der Waals surface area (Å²) in [6, 6.07) is 5.63. The molecule has 3 N–H and O–H groups in total. The van der Waals surface area contributed by atoms with Crippen molar-refractivity contribution in [2.75, 3.05) is 18.5 Å². The lowest BCUT2D eigenvalue weighted by atomic mass is 10.1. The van der Waals surface area contributed by atoms with Crippen LogP contribution in [0.4, 0.5) is 5.69 Å². The van der Waals surface area contributed by atoms with Crippen LogP contribution < -0.4 is 15.8 Å². The molecule has 0 fully saturated rings. The van der Waals surface area contributed by atoms with Gasteiger partial charge in [-0.2, -0.15) is 0 Å². The highest BCUT2D eigenvalue weighted by atomic mass is 28.4. The number of carbonyl (C=O) groups excluding carboxylic acids is 1. The van der Waals surface area contributed by atoms with Crippen molar-refractivity contribution in [3.8, 4) is 5.75 Å². The maximum absolute atomic E-state index is 11.3. The third kappa shape index (κ3) is 3.34. The lowest BCUT2D eigenvalue weighted by molar-refractivity contribution is -0.118. The molecule has 1 aliphatic rings. The van der Waals surface area contributed by atoms with E-state index in [1.165, 1.54) is 0 Å². The Morgan fingerprint density at radius 3 is 2.84 bits per heavy atom. The van der Waals surface area contributed by atoms with Crippen LogP contribution in [-0.4, -0.2) is 27.4 Å². The summed E-state index contributed by atoms with van der Waals surface area (Å²) >= 11 is 0. The predicted molar refractivity (Wildman–Crippen MR) is 76.8 cm³/mol. The van der Waals surface area contributed by atoms with Crippen molar-refractivity contribution in [2.24, 2.45) is 5.73 Å². The molecule has 1 amide bonds. The summed E-state index contributed by atoms with van der Waals surface area (Å²) in [4.78, 5) is 11.3. The number of hydrogen-bond acceptors (Lipinski definition) is 4. The van der Waals surface area contributed by atoms with Gasteiger partial charge < -0.3 is 20.2 Å². The number of nitrogens with one attached hydrogen (secondary N) is 1. The van der Waals surface area contributed by atoms with Crippen LogP contribution in [0.3, 0.4) is 0 Å². The summed E-state index contributed by atoms with van der Waals surface area (Å²) in [6.45, 7) is 6.78. The van der Waals surface area contributed by atoms with Crippen molar-refractivity contribution in [2.45, 2.75) is 25.7 Å². The van der Waals surface area contributed by atoms with Crippen LogP contribution in [0, 0.1) is 0 Å². The van der Waals surface area contributed by atoms with E-state index < -0.39 is 8.32 Å². The first-order chi connectivity index (χ1) is 8.90. The standard InChI is InChI=1S/C13H20N2O3Si/c1-19(2,3)18-11(7-14)9-5-4-6-10-13(9)17-8-12(16)15-10/h4-6,11H,7-8,14H2,1-3H3,(H,15,16)/t11-/m1/s1. The molecule has 5 nitrogen and oxygen atoms in total. The molecule has 1 aromatic carbocycles. The highest BCUT2D eigenvalue weighted by molar-refractivity contribution is 6.69. The Balaban J connectivity index is 2.33. The monoisotopic (exact) mass is 280 g/mol. The van der Waals surface area contributed by atoms with Crippen LogP contribution in [0.2, 0.25) is 19.6 Å². The van der Waals surface area contributed by atoms with E-state index in [9.17, 15) is 4.79 Å². The van der Waals surface area contributed by atoms with Crippen molar-refractivity contribution < 1.29 is 14.0 Å². The fourth-order valence-corrected chi connectivity index (χ4v) is 3.13. The molecule has 0 saturated carbocycles. The fourth-order valence-electron chi connectivity index (χ4n) is 2.06. The van der Waals surface area contributed by atoms with Crippen LogP contribution in [-0.2, 0) is 9.22 Å². The molecule has 0 aliphatic carbocycles. The number of amides is 1. The average molecular weight is 280 g/mol. The van der Waals surface area contributed by atoms with Crippen LogP contribution in [0.15, 0.2) is 18.2 Å². The minimum atomic E-state index is -1.71. The van der Waals surface area contributed by atoms with Gasteiger partial charge in [0.25, 0.3) is 5.91 Å². The molecule has 2 rings (SSSR count). The van der Waals surface area contributed by atoms with Crippen LogP contribution in [0.1, 0.15) is 11.7 Å². The first-order valence-corrected chi connectivity index (χ1v) is 9.75. The molecule has 0 bridgehead atoms. The van der Waals surface area contributed by atoms with Crippen LogP contribution in [0.5, 0.6) is 5.75 Å². The van der Waals surface area contributed by atoms with Gasteiger partial charge in [-0.3, -0.25) is 4.79 Å². The van der Waals surface area contributed by atoms with Crippen molar-refractivity contribution in [1.29, 1.82) is 0 Å². The quantitative estimate of drug-likeness (QED) is 0.826. The van der Waals surface area contributed by atoms with Gasteiger partial charge in [-0.05, 0) is 25.7 Å². The van der Waals surface area contributed by atoms with Crippen LogP contribution in [0.25, 0.3) is 0 Å². The number of nitrogens with two attached hydrogens (primary N) is 1. The molecular formula is C13H20N2O3Si. The third-order valence-corrected chi connectivity index (χ3v) is 3.72. The SMILES string of the molecule is C[Si](C)(C)O[C@H](CN)c1cccc2c1OCC(=O)N2. The number of ether oxygens (including phenoxy) is 1. The number of anilines is 1. The van der Waals surface area contributed by atoms with Gasteiger partial charge in [0.15, 0.2) is 14.9 Å². The molecular weight excluding hydrogens is 260 g/mol. The van der Waals surface area contributed by atoms with E-state index in [1.54, 1.807) is 0 Å². The molecule has 0 spiro atoms. The van der Waals surface area contributed by atoms with Gasteiger partial charge in [-0.25, -0.2) is 0 Å². The molecule has 6 heteroatoms. The van der Waals surface area contributed by atoms with Crippen molar-refractivity contribution in [3.63, 3.8) is 0 Å². The Hall–Kier alpha value is -1.37. The van der Waals surface area contributed by atoms with Crippen LogP contribution >= 0.6 is 0 Å². The van der Waals surface area contributed by atoms with E-state index in [2.05, 4.69) is 25.0 Å². The van der Waals surface area contributed by atoms with E-state index in [0.717, 1.165) is 5.56 Å². The molecule has 1 atom stereocenters. The Morgan fingerprint density at radius 2 is 2.21 bits per heavy atom. The highest BCUT2D eigenvalue weighted by Crippen LogP contribution is 2.37. The van der Waals surface area contributed by atoms with Crippen molar-refractivity contribution in [1.82, 2.24) is 0 Å². The fraction of sp³-hybridized carbons (Fsp3) is 0.462. The van der Waals surface area contributed by atoms with E-state index in [-0.39, 0.29) is 18.6 Å². The van der Waals surface area contributed by atoms with E-state index in [1.807, 2.05) is 18.2 Å². The predicted octanol–water partition coefficient (Wildman–Crippen LogP) is 1.87. The molecule has 1 heterocycles. The molecule has 0 saturated heterocycles. The third-order valence-electron chi connectivity index (χ3n) is 2.72. The van der Waals surface area contributed by atoms with Gasteiger partial charge in [-0.15, -0.1) is 0 Å². The second-order valence-electron chi connectivity index (χ2n) is 5.52. The topological polar surface area (TPSA) is 73.6 Å². The lowest BCUT2D eigenvalue weighted by Gasteiger charge is -2.29. The second-order valence-corrected chi connectivity index (χ2v) is 9.98. The number of hydrogen-bond donors (Lipinski definition) is 2. The first-order valence-electron chi connectivity index (χ1n) is 6.34. The van der Waals surface area contributed by atoms with Gasteiger partial charge in [0.05, 0.1) is 11.8 Å². The van der Waals surface area contributed by atoms with Gasteiger partial charge in [-0.1, -0.05) is 12.1 Å².